The van der Waals surface area contributed by atoms with Crippen molar-refractivity contribution in [2.75, 3.05) is 0 Å². The molecule has 1 atom stereocenters. The SMILES string of the molecule is CCC(C)CC1=CC=C(C)C1. The molecular formula is C11H18. The molecule has 0 aromatic heterocycles. The maximum absolute atomic E-state index is 2.33. The third kappa shape index (κ3) is 2.53. The van der Waals surface area contributed by atoms with Crippen molar-refractivity contribution in [3.05, 3.63) is 23.3 Å². The van der Waals surface area contributed by atoms with E-state index in [-0.39, 0.29) is 0 Å². The quantitative estimate of drug-likeness (QED) is 0.575. The third-order valence-corrected chi connectivity index (χ3v) is 2.42. The molecule has 11 heavy (non-hydrogen) atoms. The number of allylic oxidation sites excluding steroid dienone is 4. The Labute approximate surface area is 70.0 Å². The first-order valence-corrected chi connectivity index (χ1v) is 4.57. The van der Waals surface area contributed by atoms with Gasteiger partial charge in [0.1, 0.15) is 0 Å². The maximum atomic E-state index is 2.33. The molecule has 62 valence electrons. The fraction of sp³-hybridized carbons (Fsp3) is 0.636. The predicted molar refractivity (Wildman–Crippen MR) is 50.5 cm³/mol. The molecule has 0 heteroatoms. The Morgan fingerprint density at radius 1 is 1.45 bits per heavy atom. The van der Waals surface area contributed by atoms with E-state index in [1.807, 2.05) is 0 Å². The van der Waals surface area contributed by atoms with Crippen LogP contribution < -0.4 is 0 Å². The van der Waals surface area contributed by atoms with Crippen LogP contribution >= 0.6 is 0 Å². The predicted octanol–water partition coefficient (Wildman–Crippen LogP) is 3.70. The van der Waals surface area contributed by atoms with Crippen molar-refractivity contribution in [2.24, 2.45) is 5.92 Å². The Kier molecular flexibility index (Phi) is 2.92. The van der Waals surface area contributed by atoms with E-state index in [0.29, 0.717) is 0 Å². The molecule has 0 nitrogen and oxygen atoms in total. The Balaban J connectivity index is 2.31. The Morgan fingerprint density at radius 2 is 2.18 bits per heavy atom. The van der Waals surface area contributed by atoms with Crippen molar-refractivity contribution in [2.45, 2.75) is 40.0 Å². The first-order chi connectivity index (χ1) is 5.22. The number of hydrogen-bond donors (Lipinski definition) is 0. The zero-order valence-corrected chi connectivity index (χ0v) is 7.85. The minimum atomic E-state index is 0.862. The summed E-state index contributed by atoms with van der Waals surface area (Å²) < 4.78 is 0. The van der Waals surface area contributed by atoms with Crippen LogP contribution in [0.1, 0.15) is 40.0 Å². The van der Waals surface area contributed by atoms with Crippen LogP contribution in [0.4, 0.5) is 0 Å². The molecule has 0 spiro atoms. The van der Waals surface area contributed by atoms with Crippen LogP contribution in [0.5, 0.6) is 0 Å². The van der Waals surface area contributed by atoms with E-state index < -0.39 is 0 Å². The standard InChI is InChI=1S/C11H18/c1-4-9(2)7-11-6-5-10(3)8-11/h5-6,9H,4,7-8H2,1-3H3. The van der Waals surface area contributed by atoms with Crippen molar-refractivity contribution in [1.82, 2.24) is 0 Å². The van der Waals surface area contributed by atoms with Gasteiger partial charge in [-0.1, -0.05) is 43.6 Å². The largest absolute Gasteiger partial charge is 0.0693 e. The van der Waals surface area contributed by atoms with Gasteiger partial charge < -0.3 is 0 Å². The normalized spacial score (nSPS) is 19.5. The van der Waals surface area contributed by atoms with E-state index in [4.69, 9.17) is 0 Å². The molecule has 0 aromatic carbocycles. The lowest BCUT2D eigenvalue weighted by molar-refractivity contribution is 0.553. The smallest absolute Gasteiger partial charge is 0.0105 e. The van der Waals surface area contributed by atoms with E-state index in [9.17, 15) is 0 Å². The van der Waals surface area contributed by atoms with Gasteiger partial charge in [-0.15, -0.1) is 0 Å². The molecule has 1 aliphatic carbocycles. The molecule has 0 heterocycles. The van der Waals surface area contributed by atoms with Crippen molar-refractivity contribution < 1.29 is 0 Å². The van der Waals surface area contributed by atoms with E-state index in [1.165, 1.54) is 24.8 Å². The fourth-order valence-corrected chi connectivity index (χ4v) is 1.47. The van der Waals surface area contributed by atoms with Gasteiger partial charge in [0.2, 0.25) is 0 Å². The van der Waals surface area contributed by atoms with Crippen LogP contribution in [0.25, 0.3) is 0 Å². The second-order valence-electron chi connectivity index (χ2n) is 3.73. The lowest BCUT2D eigenvalue weighted by Crippen LogP contribution is -1.93. The van der Waals surface area contributed by atoms with E-state index in [2.05, 4.69) is 32.9 Å². The highest BCUT2D eigenvalue weighted by Crippen LogP contribution is 2.25. The summed E-state index contributed by atoms with van der Waals surface area (Å²) in [6.45, 7) is 6.80. The van der Waals surface area contributed by atoms with Crippen LogP contribution in [0, 0.1) is 5.92 Å². The van der Waals surface area contributed by atoms with E-state index >= 15 is 0 Å². The van der Waals surface area contributed by atoms with Crippen molar-refractivity contribution >= 4 is 0 Å². The Morgan fingerprint density at radius 3 is 2.64 bits per heavy atom. The second kappa shape index (κ2) is 3.75. The van der Waals surface area contributed by atoms with Crippen LogP contribution in [-0.2, 0) is 0 Å². The first kappa shape index (κ1) is 8.58. The van der Waals surface area contributed by atoms with Gasteiger partial charge in [0.25, 0.3) is 0 Å². The molecule has 0 radical (unpaired) electrons. The average Bonchev–Trinajstić information content (AvgIpc) is 2.35. The first-order valence-electron chi connectivity index (χ1n) is 4.57. The molecule has 1 rings (SSSR count). The summed E-state index contributed by atoms with van der Waals surface area (Å²) in [5.41, 5.74) is 3.14. The summed E-state index contributed by atoms with van der Waals surface area (Å²) in [6.07, 6.45) is 8.37. The summed E-state index contributed by atoms with van der Waals surface area (Å²) in [5.74, 6) is 0.862. The zero-order valence-electron chi connectivity index (χ0n) is 7.85. The highest BCUT2D eigenvalue weighted by molar-refractivity contribution is 5.29. The molecule has 0 bridgehead atoms. The van der Waals surface area contributed by atoms with Gasteiger partial charge in [-0.2, -0.15) is 0 Å². The molecule has 1 aliphatic rings. The zero-order chi connectivity index (χ0) is 8.27. The molecular weight excluding hydrogens is 132 g/mol. The topological polar surface area (TPSA) is 0 Å². The molecule has 0 amide bonds. The molecule has 0 aliphatic heterocycles. The maximum Gasteiger partial charge on any atom is -0.0105 e. The summed E-state index contributed by atoms with van der Waals surface area (Å²) in [7, 11) is 0. The van der Waals surface area contributed by atoms with E-state index in [0.717, 1.165) is 5.92 Å². The van der Waals surface area contributed by atoms with Gasteiger partial charge in [0.15, 0.2) is 0 Å². The van der Waals surface area contributed by atoms with Crippen LogP contribution in [0.15, 0.2) is 23.3 Å². The highest BCUT2D eigenvalue weighted by Gasteiger charge is 2.07. The van der Waals surface area contributed by atoms with Gasteiger partial charge in [-0.25, -0.2) is 0 Å². The van der Waals surface area contributed by atoms with E-state index in [1.54, 1.807) is 5.57 Å². The summed E-state index contributed by atoms with van der Waals surface area (Å²) in [5, 5.41) is 0. The van der Waals surface area contributed by atoms with Crippen LogP contribution in [0.2, 0.25) is 0 Å². The highest BCUT2D eigenvalue weighted by atomic mass is 14.1. The molecule has 0 saturated heterocycles. The Hall–Kier alpha value is -0.520. The van der Waals surface area contributed by atoms with Gasteiger partial charge >= 0.3 is 0 Å². The summed E-state index contributed by atoms with van der Waals surface area (Å²) in [4.78, 5) is 0. The van der Waals surface area contributed by atoms with Gasteiger partial charge in [-0.3, -0.25) is 0 Å². The molecule has 0 N–H and O–H groups in total. The number of rotatable bonds is 3. The van der Waals surface area contributed by atoms with Crippen molar-refractivity contribution in [3.63, 3.8) is 0 Å². The lowest BCUT2D eigenvalue weighted by atomic mass is 9.97. The summed E-state index contributed by atoms with van der Waals surface area (Å²) in [6, 6.07) is 0. The van der Waals surface area contributed by atoms with Crippen molar-refractivity contribution in [3.8, 4) is 0 Å². The molecule has 0 aromatic rings. The van der Waals surface area contributed by atoms with Gasteiger partial charge in [0, 0.05) is 0 Å². The van der Waals surface area contributed by atoms with Crippen LogP contribution in [-0.4, -0.2) is 0 Å². The third-order valence-electron chi connectivity index (χ3n) is 2.42. The van der Waals surface area contributed by atoms with Gasteiger partial charge in [-0.05, 0) is 25.7 Å². The molecule has 0 saturated carbocycles. The lowest BCUT2D eigenvalue weighted by Gasteiger charge is -2.08. The van der Waals surface area contributed by atoms with Gasteiger partial charge in [0.05, 0.1) is 0 Å². The Bertz CT molecular complexity index is 184. The molecule has 0 fully saturated rings. The second-order valence-corrected chi connectivity index (χ2v) is 3.73. The minimum absolute atomic E-state index is 0.862. The minimum Gasteiger partial charge on any atom is -0.0693 e. The average molecular weight is 150 g/mol. The monoisotopic (exact) mass is 150 g/mol. The van der Waals surface area contributed by atoms with Crippen LogP contribution in [0.3, 0.4) is 0 Å². The molecule has 1 unspecified atom stereocenters. The summed E-state index contributed by atoms with van der Waals surface area (Å²) >= 11 is 0. The number of hydrogen-bond acceptors (Lipinski definition) is 0. The van der Waals surface area contributed by atoms with Crippen molar-refractivity contribution in [1.29, 1.82) is 0 Å². The fourth-order valence-electron chi connectivity index (χ4n) is 1.47.